The molecule has 3 rings (SSSR count). The number of sulfonamides is 1. The Morgan fingerprint density at radius 1 is 0.867 bits per heavy atom. The molecule has 2 N–H and O–H groups in total. The quantitative estimate of drug-likeness (QED) is 0.602. The molecule has 0 saturated heterocycles. The van der Waals surface area contributed by atoms with Gasteiger partial charge in [-0.05, 0) is 68.3 Å². The number of carbonyl (C=O) groups excluding carboxylic acids is 1. The van der Waals surface area contributed by atoms with E-state index >= 15 is 0 Å². The van der Waals surface area contributed by atoms with Crippen molar-refractivity contribution in [2.75, 3.05) is 17.1 Å². The van der Waals surface area contributed by atoms with Gasteiger partial charge in [0.25, 0.3) is 15.9 Å². The molecule has 0 atom stereocenters. The Morgan fingerprint density at radius 2 is 1.53 bits per heavy atom. The number of methoxy groups -OCH3 is 1. The highest BCUT2D eigenvalue weighted by Crippen LogP contribution is 2.28. The van der Waals surface area contributed by atoms with E-state index in [2.05, 4.69) is 10.0 Å². The van der Waals surface area contributed by atoms with Gasteiger partial charge in [-0.15, -0.1) is 0 Å². The molecule has 0 aliphatic rings. The molecule has 6 nitrogen and oxygen atoms in total. The number of aryl methyl sites for hydroxylation is 3. The van der Waals surface area contributed by atoms with E-state index in [-0.39, 0.29) is 16.2 Å². The summed E-state index contributed by atoms with van der Waals surface area (Å²) >= 11 is 0. The van der Waals surface area contributed by atoms with E-state index < -0.39 is 15.9 Å². The lowest BCUT2D eigenvalue weighted by Gasteiger charge is -2.14. The van der Waals surface area contributed by atoms with Gasteiger partial charge >= 0.3 is 0 Å². The first-order valence-corrected chi connectivity index (χ1v) is 10.8. The zero-order valence-corrected chi connectivity index (χ0v) is 18.1. The highest BCUT2D eigenvalue weighted by atomic mass is 32.2. The van der Waals surface area contributed by atoms with Gasteiger partial charge in [0.05, 0.1) is 7.11 Å². The third-order valence-electron chi connectivity index (χ3n) is 4.66. The van der Waals surface area contributed by atoms with Crippen LogP contribution in [-0.2, 0) is 10.0 Å². The van der Waals surface area contributed by atoms with E-state index in [9.17, 15) is 13.2 Å². The van der Waals surface area contributed by atoms with Crippen molar-refractivity contribution in [3.63, 3.8) is 0 Å². The maximum absolute atomic E-state index is 13.0. The Balaban J connectivity index is 1.93. The lowest BCUT2D eigenvalue weighted by Crippen LogP contribution is -2.17. The monoisotopic (exact) mass is 424 g/mol. The van der Waals surface area contributed by atoms with Gasteiger partial charge in [-0.3, -0.25) is 9.52 Å². The van der Waals surface area contributed by atoms with E-state index in [1.165, 1.54) is 25.3 Å². The molecule has 7 heteroatoms. The minimum Gasteiger partial charge on any atom is -0.495 e. The number of nitrogens with one attached hydrogen (secondary N) is 2. The summed E-state index contributed by atoms with van der Waals surface area (Å²) < 4.78 is 33.7. The number of benzene rings is 3. The van der Waals surface area contributed by atoms with E-state index in [1.807, 2.05) is 51.1 Å². The molecule has 0 unspecified atom stereocenters. The van der Waals surface area contributed by atoms with Crippen LogP contribution in [0, 0.1) is 20.8 Å². The maximum Gasteiger partial charge on any atom is 0.265 e. The third-order valence-corrected chi connectivity index (χ3v) is 6.06. The van der Waals surface area contributed by atoms with Crippen LogP contribution in [0.5, 0.6) is 5.75 Å². The minimum atomic E-state index is -3.97. The molecule has 30 heavy (non-hydrogen) atoms. The highest BCUT2D eigenvalue weighted by molar-refractivity contribution is 7.92. The fourth-order valence-corrected chi connectivity index (χ4v) is 4.18. The summed E-state index contributed by atoms with van der Waals surface area (Å²) in [6.07, 6.45) is 0. The van der Waals surface area contributed by atoms with Crippen LogP contribution in [0.25, 0.3) is 0 Å². The second-order valence-corrected chi connectivity index (χ2v) is 8.76. The Hall–Kier alpha value is -3.32. The van der Waals surface area contributed by atoms with Gasteiger partial charge in [-0.2, -0.15) is 0 Å². The van der Waals surface area contributed by atoms with Crippen LogP contribution in [0.4, 0.5) is 11.4 Å². The summed E-state index contributed by atoms with van der Waals surface area (Å²) in [5, 5.41) is 2.84. The second kappa shape index (κ2) is 8.59. The van der Waals surface area contributed by atoms with Crippen molar-refractivity contribution >= 4 is 27.3 Å². The van der Waals surface area contributed by atoms with Crippen molar-refractivity contribution in [3.05, 3.63) is 82.9 Å². The number of hydrogen-bond acceptors (Lipinski definition) is 4. The average Bonchev–Trinajstić information content (AvgIpc) is 2.71. The summed E-state index contributed by atoms with van der Waals surface area (Å²) in [7, 11) is -2.58. The summed E-state index contributed by atoms with van der Waals surface area (Å²) in [5.74, 6) is -0.254. The molecule has 0 heterocycles. The first-order valence-electron chi connectivity index (χ1n) is 9.36. The van der Waals surface area contributed by atoms with Crippen LogP contribution in [0.1, 0.15) is 27.0 Å². The van der Waals surface area contributed by atoms with Crippen LogP contribution in [0.3, 0.4) is 0 Å². The fourth-order valence-electron chi connectivity index (χ4n) is 2.92. The van der Waals surface area contributed by atoms with Gasteiger partial charge in [0.15, 0.2) is 0 Å². The van der Waals surface area contributed by atoms with Crippen molar-refractivity contribution in [2.45, 2.75) is 25.7 Å². The molecular formula is C23H24N2O4S. The number of amides is 1. The van der Waals surface area contributed by atoms with Crippen LogP contribution in [0.2, 0.25) is 0 Å². The van der Waals surface area contributed by atoms with Crippen molar-refractivity contribution in [1.29, 1.82) is 0 Å². The van der Waals surface area contributed by atoms with Gasteiger partial charge in [0, 0.05) is 16.9 Å². The number of anilines is 2. The molecule has 1 amide bonds. The molecule has 3 aromatic rings. The molecule has 3 aromatic carbocycles. The summed E-state index contributed by atoms with van der Waals surface area (Å²) in [6, 6.07) is 17.0. The van der Waals surface area contributed by atoms with Crippen LogP contribution in [-0.4, -0.2) is 21.4 Å². The predicted octanol–water partition coefficient (Wildman–Crippen LogP) is 4.67. The molecule has 0 radical (unpaired) electrons. The van der Waals surface area contributed by atoms with Gasteiger partial charge in [0.2, 0.25) is 0 Å². The van der Waals surface area contributed by atoms with E-state index in [1.54, 1.807) is 12.1 Å². The maximum atomic E-state index is 13.0. The SMILES string of the molecule is COc1ccc(C(=O)Nc2cc(C)ccc2C)cc1S(=O)(=O)Nc1ccc(C)cc1. The topological polar surface area (TPSA) is 84.5 Å². The van der Waals surface area contributed by atoms with Crippen molar-refractivity contribution in [2.24, 2.45) is 0 Å². The van der Waals surface area contributed by atoms with Crippen molar-refractivity contribution in [3.8, 4) is 5.75 Å². The molecule has 0 saturated carbocycles. The normalized spacial score (nSPS) is 11.1. The number of ether oxygens (including phenoxy) is 1. The van der Waals surface area contributed by atoms with Gasteiger partial charge in [-0.25, -0.2) is 8.42 Å². The van der Waals surface area contributed by atoms with Gasteiger partial charge in [0.1, 0.15) is 10.6 Å². The van der Waals surface area contributed by atoms with Crippen LogP contribution in [0.15, 0.2) is 65.6 Å². The highest BCUT2D eigenvalue weighted by Gasteiger charge is 2.22. The van der Waals surface area contributed by atoms with Crippen molar-refractivity contribution < 1.29 is 17.9 Å². The van der Waals surface area contributed by atoms with Gasteiger partial charge in [-0.1, -0.05) is 29.8 Å². The molecule has 156 valence electrons. The average molecular weight is 425 g/mol. The molecule has 0 fully saturated rings. The Labute approximate surface area is 177 Å². The van der Waals surface area contributed by atoms with E-state index in [0.717, 1.165) is 16.7 Å². The molecule has 0 spiro atoms. The van der Waals surface area contributed by atoms with E-state index in [0.29, 0.717) is 11.4 Å². The van der Waals surface area contributed by atoms with Crippen LogP contribution < -0.4 is 14.8 Å². The Kier molecular flexibility index (Phi) is 6.12. The zero-order chi connectivity index (χ0) is 21.9. The standard InChI is InChI=1S/C23H24N2O4S/c1-15-6-10-19(11-7-15)25-30(27,28)22-14-18(9-12-21(22)29-4)23(26)24-20-13-16(2)5-8-17(20)3/h5-14,25H,1-4H3,(H,24,26). The zero-order valence-electron chi connectivity index (χ0n) is 17.3. The molecule has 0 aliphatic heterocycles. The van der Waals surface area contributed by atoms with Crippen LogP contribution >= 0.6 is 0 Å². The number of rotatable bonds is 6. The fraction of sp³-hybridized carbons (Fsp3) is 0.174. The predicted molar refractivity (Wildman–Crippen MR) is 119 cm³/mol. The largest absolute Gasteiger partial charge is 0.495 e. The van der Waals surface area contributed by atoms with Gasteiger partial charge < -0.3 is 10.1 Å². The minimum absolute atomic E-state index is 0.112. The first kappa shape index (κ1) is 21.4. The summed E-state index contributed by atoms with van der Waals surface area (Å²) in [6.45, 7) is 5.74. The Bertz CT molecular complexity index is 1190. The molecular weight excluding hydrogens is 400 g/mol. The first-order chi connectivity index (χ1) is 14.2. The lowest BCUT2D eigenvalue weighted by atomic mass is 10.1. The smallest absolute Gasteiger partial charge is 0.265 e. The summed E-state index contributed by atoms with van der Waals surface area (Å²) in [5.41, 5.74) is 4.25. The number of hydrogen-bond donors (Lipinski definition) is 2. The van der Waals surface area contributed by atoms with Crippen molar-refractivity contribution in [1.82, 2.24) is 0 Å². The molecule has 0 aliphatic carbocycles. The third kappa shape index (κ3) is 4.80. The Morgan fingerprint density at radius 3 is 2.20 bits per heavy atom. The number of carbonyl (C=O) groups is 1. The lowest BCUT2D eigenvalue weighted by molar-refractivity contribution is 0.102. The molecule has 0 bridgehead atoms. The summed E-state index contributed by atoms with van der Waals surface area (Å²) in [4.78, 5) is 12.7. The molecule has 0 aromatic heterocycles. The van der Waals surface area contributed by atoms with E-state index in [4.69, 9.17) is 4.74 Å². The second-order valence-electron chi connectivity index (χ2n) is 7.11.